The molecule has 2 aliphatic rings. The Bertz CT molecular complexity index is 745. The number of phenols is 1. The first-order valence-corrected chi connectivity index (χ1v) is 7.87. The van der Waals surface area contributed by atoms with Crippen molar-refractivity contribution in [1.29, 1.82) is 0 Å². The highest BCUT2D eigenvalue weighted by molar-refractivity contribution is 9.11. The number of halogens is 2. The molecule has 0 radical (unpaired) electrons. The lowest BCUT2D eigenvalue weighted by atomic mass is 9.99. The number of hydrogen-bond donors (Lipinski definition) is 3. The zero-order valence-electron chi connectivity index (χ0n) is 11.0. The van der Waals surface area contributed by atoms with Gasteiger partial charge in [0.15, 0.2) is 0 Å². The van der Waals surface area contributed by atoms with E-state index in [2.05, 4.69) is 52.7 Å². The Morgan fingerprint density at radius 3 is 2.64 bits per heavy atom. The Morgan fingerprint density at radius 2 is 2.00 bits per heavy atom. The van der Waals surface area contributed by atoms with Gasteiger partial charge in [-0.1, -0.05) is 0 Å². The van der Waals surface area contributed by atoms with Gasteiger partial charge in [-0.15, -0.1) is 0 Å². The van der Waals surface area contributed by atoms with Crippen molar-refractivity contribution < 1.29 is 9.90 Å². The standard InChI is InChI=1S/C14H10Br2N4O2/c15-9-3-7(4-10(16)13(9)21)5-11-12(18-2-1-17-11)8-6-19-20-14(8)22/h1-6,8,17,21H,(H,20,22). The maximum Gasteiger partial charge on any atom is 0.254 e. The number of hydrogen-bond acceptors (Lipinski definition) is 5. The van der Waals surface area contributed by atoms with Crippen LogP contribution in [-0.4, -0.2) is 22.9 Å². The fourth-order valence-electron chi connectivity index (χ4n) is 2.09. The van der Waals surface area contributed by atoms with Crippen LogP contribution in [0.5, 0.6) is 5.75 Å². The molecule has 0 saturated heterocycles. The molecule has 2 heterocycles. The predicted octanol–water partition coefficient (Wildman–Crippen LogP) is 2.51. The summed E-state index contributed by atoms with van der Waals surface area (Å²) in [6.45, 7) is 0. The summed E-state index contributed by atoms with van der Waals surface area (Å²) in [7, 11) is 0. The van der Waals surface area contributed by atoms with Crippen LogP contribution in [-0.2, 0) is 4.79 Å². The number of phenolic OH excluding ortho intramolecular Hbond substituents is 1. The molecule has 0 aromatic heterocycles. The van der Waals surface area contributed by atoms with E-state index in [1.165, 1.54) is 6.21 Å². The molecule has 22 heavy (non-hydrogen) atoms. The minimum Gasteiger partial charge on any atom is -0.506 e. The lowest BCUT2D eigenvalue weighted by Crippen LogP contribution is -2.32. The highest BCUT2D eigenvalue weighted by Gasteiger charge is 2.29. The number of aliphatic imine (C=N–C) groups is 1. The van der Waals surface area contributed by atoms with Gasteiger partial charge in [0.25, 0.3) is 5.91 Å². The molecule has 8 heteroatoms. The van der Waals surface area contributed by atoms with Gasteiger partial charge in [-0.2, -0.15) is 5.10 Å². The van der Waals surface area contributed by atoms with Crippen molar-refractivity contribution in [1.82, 2.24) is 10.7 Å². The quantitative estimate of drug-likeness (QED) is 0.680. The number of carbonyl (C=O) groups excluding carboxylic acids is 1. The van der Waals surface area contributed by atoms with Crippen molar-refractivity contribution >= 4 is 55.8 Å². The molecule has 3 N–H and O–H groups in total. The van der Waals surface area contributed by atoms with E-state index in [1.54, 1.807) is 24.5 Å². The van der Waals surface area contributed by atoms with Crippen LogP contribution in [0.25, 0.3) is 6.08 Å². The van der Waals surface area contributed by atoms with Gasteiger partial charge in [-0.3, -0.25) is 9.79 Å². The fraction of sp³-hybridized carbons (Fsp3) is 0.0714. The third-order valence-corrected chi connectivity index (χ3v) is 4.34. The Hall–Kier alpha value is -1.93. The summed E-state index contributed by atoms with van der Waals surface area (Å²) in [4.78, 5) is 16.1. The number of nitrogens with zero attached hydrogens (tertiary/aromatic N) is 2. The van der Waals surface area contributed by atoms with Crippen LogP contribution in [0.3, 0.4) is 0 Å². The van der Waals surface area contributed by atoms with E-state index < -0.39 is 5.92 Å². The first kappa shape index (κ1) is 15.0. The molecule has 0 spiro atoms. The summed E-state index contributed by atoms with van der Waals surface area (Å²) >= 11 is 6.59. The molecule has 0 fully saturated rings. The number of rotatable bonds is 2. The van der Waals surface area contributed by atoms with Crippen molar-refractivity contribution in [3.63, 3.8) is 0 Å². The van der Waals surface area contributed by atoms with Gasteiger partial charge >= 0.3 is 0 Å². The number of hydrazone groups is 1. The maximum absolute atomic E-state index is 11.8. The average molecular weight is 426 g/mol. The second kappa shape index (κ2) is 6.05. The number of amides is 1. The maximum atomic E-state index is 11.8. The number of benzene rings is 1. The van der Waals surface area contributed by atoms with Crippen LogP contribution < -0.4 is 10.7 Å². The summed E-state index contributed by atoms with van der Waals surface area (Å²) in [6.07, 6.45) is 6.65. The first-order valence-electron chi connectivity index (χ1n) is 6.28. The van der Waals surface area contributed by atoms with E-state index in [-0.39, 0.29) is 11.7 Å². The molecule has 1 atom stereocenters. The lowest BCUT2D eigenvalue weighted by molar-refractivity contribution is -0.120. The third kappa shape index (κ3) is 2.84. The zero-order valence-corrected chi connectivity index (χ0v) is 14.2. The Kier molecular flexibility index (Phi) is 4.12. The number of nitrogens with one attached hydrogen (secondary N) is 2. The van der Waals surface area contributed by atoms with E-state index in [0.29, 0.717) is 20.4 Å². The molecule has 3 rings (SSSR count). The van der Waals surface area contributed by atoms with E-state index >= 15 is 0 Å². The van der Waals surface area contributed by atoms with Gasteiger partial charge in [-0.05, 0) is 55.6 Å². The van der Waals surface area contributed by atoms with Crippen molar-refractivity contribution in [2.24, 2.45) is 16.0 Å². The van der Waals surface area contributed by atoms with Gasteiger partial charge in [0.2, 0.25) is 0 Å². The monoisotopic (exact) mass is 424 g/mol. The Morgan fingerprint density at radius 1 is 1.27 bits per heavy atom. The first-order chi connectivity index (χ1) is 10.6. The SMILES string of the molecule is O=C1NN=CC1C1=NC=CNC1=Cc1cc(Br)c(O)c(Br)c1. The highest BCUT2D eigenvalue weighted by Crippen LogP contribution is 2.34. The molecule has 0 saturated carbocycles. The van der Waals surface area contributed by atoms with Crippen LogP contribution in [0.1, 0.15) is 5.56 Å². The van der Waals surface area contributed by atoms with Crippen LogP contribution in [0.15, 0.2) is 49.3 Å². The lowest BCUT2D eigenvalue weighted by Gasteiger charge is -2.16. The molecule has 6 nitrogen and oxygen atoms in total. The van der Waals surface area contributed by atoms with Crippen LogP contribution >= 0.6 is 31.9 Å². The highest BCUT2D eigenvalue weighted by atomic mass is 79.9. The van der Waals surface area contributed by atoms with Gasteiger partial charge in [0.1, 0.15) is 11.7 Å². The molecule has 1 aromatic carbocycles. The number of allylic oxidation sites excluding steroid dienone is 1. The van der Waals surface area contributed by atoms with Gasteiger partial charge in [0.05, 0.1) is 20.4 Å². The molecular formula is C14H10Br2N4O2. The molecule has 1 amide bonds. The second-order valence-corrected chi connectivity index (χ2v) is 6.31. The van der Waals surface area contributed by atoms with E-state index in [1.807, 2.05) is 6.08 Å². The van der Waals surface area contributed by atoms with E-state index in [9.17, 15) is 9.90 Å². The summed E-state index contributed by atoms with van der Waals surface area (Å²) in [6, 6.07) is 3.54. The van der Waals surface area contributed by atoms with Crippen molar-refractivity contribution in [3.8, 4) is 5.75 Å². The van der Waals surface area contributed by atoms with Crippen molar-refractivity contribution in [3.05, 3.63) is 44.7 Å². The molecular weight excluding hydrogens is 416 g/mol. The second-order valence-electron chi connectivity index (χ2n) is 4.60. The van der Waals surface area contributed by atoms with Crippen LogP contribution in [0.4, 0.5) is 0 Å². The van der Waals surface area contributed by atoms with Crippen molar-refractivity contribution in [2.75, 3.05) is 0 Å². The largest absolute Gasteiger partial charge is 0.506 e. The van der Waals surface area contributed by atoms with Crippen LogP contribution in [0.2, 0.25) is 0 Å². The van der Waals surface area contributed by atoms with E-state index in [4.69, 9.17) is 0 Å². The minimum absolute atomic E-state index is 0.134. The molecule has 1 unspecified atom stereocenters. The Labute approximate surface area is 143 Å². The zero-order chi connectivity index (χ0) is 15.7. The molecule has 112 valence electrons. The third-order valence-electron chi connectivity index (χ3n) is 3.13. The van der Waals surface area contributed by atoms with Gasteiger partial charge in [-0.25, -0.2) is 5.43 Å². The normalized spacial score (nSPS) is 21.7. The minimum atomic E-state index is -0.521. The van der Waals surface area contributed by atoms with Gasteiger partial charge < -0.3 is 10.4 Å². The van der Waals surface area contributed by atoms with Crippen LogP contribution in [0, 0.1) is 5.92 Å². The fourth-order valence-corrected chi connectivity index (χ4v) is 3.32. The molecule has 0 aliphatic carbocycles. The number of aromatic hydroxyl groups is 1. The predicted molar refractivity (Wildman–Crippen MR) is 91.3 cm³/mol. The summed E-state index contributed by atoms with van der Waals surface area (Å²) in [5, 5.41) is 16.6. The topological polar surface area (TPSA) is 86.1 Å². The molecule has 2 aliphatic heterocycles. The summed E-state index contributed by atoms with van der Waals surface area (Å²) < 4.78 is 1.14. The summed E-state index contributed by atoms with van der Waals surface area (Å²) in [5.74, 6) is -0.600. The summed E-state index contributed by atoms with van der Waals surface area (Å²) in [5.41, 5.74) is 4.51. The molecule has 1 aromatic rings. The smallest absolute Gasteiger partial charge is 0.254 e. The average Bonchev–Trinajstić information content (AvgIpc) is 2.91. The number of carbonyl (C=O) groups is 1. The molecule has 0 bridgehead atoms. The van der Waals surface area contributed by atoms with Crippen molar-refractivity contribution in [2.45, 2.75) is 0 Å². The van der Waals surface area contributed by atoms with Gasteiger partial charge in [0, 0.05) is 18.6 Å². The Balaban J connectivity index is 1.99. The van der Waals surface area contributed by atoms with E-state index in [0.717, 1.165) is 5.56 Å².